The molecule has 0 aliphatic rings. The maximum absolute atomic E-state index is 12.5. The van der Waals surface area contributed by atoms with Crippen LogP contribution in [0.3, 0.4) is 0 Å². The molecule has 7 nitrogen and oxygen atoms in total. The number of carbonyl (C=O) groups excluding carboxylic acids is 2. The molecule has 0 bridgehead atoms. The van der Waals surface area contributed by atoms with E-state index in [0.29, 0.717) is 27.6 Å². The van der Waals surface area contributed by atoms with Crippen molar-refractivity contribution in [2.45, 2.75) is 13.5 Å². The minimum atomic E-state index is -0.432. The van der Waals surface area contributed by atoms with Crippen molar-refractivity contribution in [1.29, 1.82) is 0 Å². The first-order valence-corrected chi connectivity index (χ1v) is 12.6. The highest BCUT2D eigenvalue weighted by Gasteiger charge is 2.16. The fourth-order valence-electron chi connectivity index (χ4n) is 3.02. The van der Waals surface area contributed by atoms with Gasteiger partial charge in [-0.15, -0.1) is 22.7 Å². The van der Waals surface area contributed by atoms with E-state index in [4.69, 9.17) is 0 Å². The van der Waals surface area contributed by atoms with Crippen LogP contribution in [0.25, 0.3) is 10.4 Å². The monoisotopic (exact) mass is 554 g/mol. The third kappa shape index (κ3) is 5.58. The van der Waals surface area contributed by atoms with Crippen LogP contribution < -0.4 is 10.7 Å². The molecule has 0 aliphatic carbocycles. The molecular weight excluding hydrogens is 536 g/mol. The van der Waals surface area contributed by atoms with Crippen molar-refractivity contribution in [2.75, 3.05) is 0 Å². The van der Waals surface area contributed by atoms with E-state index in [1.807, 2.05) is 30.3 Å². The van der Waals surface area contributed by atoms with Gasteiger partial charge in [-0.2, -0.15) is 5.10 Å². The molecule has 4 aromatic rings. The van der Waals surface area contributed by atoms with Crippen LogP contribution in [-0.4, -0.2) is 27.6 Å². The summed E-state index contributed by atoms with van der Waals surface area (Å²) in [5.74, 6) is -0.582. The highest BCUT2D eigenvalue weighted by Crippen LogP contribution is 2.39. The Balaban J connectivity index is 1.39. The van der Waals surface area contributed by atoms with E-state index in [-0.39, 0.29) is 11.7 Å². The Morgan fingerprint density at radius 1 is 1.09 bits per heavy atom. The maximum Gasteiger partial charge on any atom is 0.281 e. The number of thiophene rings is 2. The third-order valence-electron chi connectivity index (χ3n) is 4.82. The van der Waals surface area contributed by atoms with Crippen LogP contribution in [0.1, 0.15) is 37.4 Å². The third-order valence-corrected chi connectivity index (χ3v) is 7.45. The summed E-state index contributed by atoms with van der Waals surface area (Å²) in [7, 11) is 0. The Bertz CT molecular complexity index is 1350. The predicted molar refractivity (Wildman–Crippen MR) is 139 cm³/mol. The molecule has 0 unspecified atom stereocenters. The fraction of sp³-hybridized carbons (Fsp3) is 0.0833. The lowest BCUT2D eigenvalue weighted by Gasteiger charge is -2.03. The molecule has 34 heavy (non-hydrogen) atoms. The number of hydrazone groups is 1. The highest BCUT2D eigenvalue weighted by molar-refractivity contribution is 9.10. The van der Waals surface area contributed by atoms with E-state index in [0.717, 1.165) is 31.8 Å². The molecule has 0 atom stereocenters. The molecule has 3 N–H and O–H groups in total. The summed E-state index contributed by atoms with van der Waals surface area (Å²) in [6, 6.07) is 14.5. The van der Waals surface area contributed by atoms with Gasteiger partial charge in [-0.25, -0.2) is 5.43 Å². The van der Waals surface area contributed by atoms with Crippen molar-refractivity contribution in [3.8, 4) is 16.2 Å². The van der Waals surface area contributed by atoms with Gasteiger partial charge in [0.2, 0.25) is 0 Å². The van der Waals surface area contributed by atoms with Crippen LogP contribution >= 0.6 is 38.6 Å². The number of amides is 2. The van der Waals surface area contributed by atoms with E-state index in [2.05, 4.69) is 36.8 Å². The predicted octanol–water partition coefficient (Wildman–Crippen LogP) is 5.42. The second kappa shape index (κ2) is 10.7. The number of halogens is 1. The Labute approximate surface area is 212 Å². The van der Waals surface area contributed by atoms with Gasteiger partial charge in [-0.3, -0.25) is 14.6 Å². The Kier molecular flexibility index (Phi) is 7.51. The number of benzene rings is 1. The zero-order valence-electron chi connectivity index (χ0n) is 17.9. The number of hydrogen-bond donors (Lipinski definition) is 3. The van der Waals surface area contributed by atoms with Gasteiger partial charge in [0.25, 0.3) is 11.8 Å². The van der Waals surface area contributed by atoms with Gasteiger partial charge in [0.1, 0.15) is 5.75 Å². The first-order valence-electron chi connectivity index (χ1n) is 10.1. The van der Waals surface area contributed by atoms with Gasteiger partial charge < -0.3 is 10.4 Å². The second-order valence-corrected chi connectivity index (χ2v) is 10.1. The minimum absolute atomic E-state index is 0.117. The number of rotatable bonds is 7. The topological polar surface area (TPSA) is 104 Å². The van der Waals surface area contributed by atoms with Crippen LogP contribution in [0.5, 0.6) is 5.75 Å². The highest BCUT2D eigenvalue weighted by atomic mass is 79.9. The average Bonchev–Trinajstić information content (AvgIpc) is 3.49. The summed E-state index contributed by atoms with van der Waals surface area (Å²) < 4.78 is 0.954. The summed E-state index contributed by atoms with van der Waals surface area (Å²) in [4.78, 5) is 30.4. The summed E-state index contributed by atoms with van der Waals surface area (Å²) in [5.41, 5.74) is 5.29. The molecular formula is C24H19BrN4O3S2. The van der Waals surface area contributed by atoms with Gasteiger partial charge in [0.15, 0.2) is 0 Å². The van der Waals surface area contributed by atoms with E-state index in [9.17, 15) is 14.7 Å². The van der Waals surface area contributed by atoms with Crippen LogP contribution in [0.4, 0.5) is 0 Å². The number of hydrogen-bond acceptors (Lipinski definition) is 7. The summed E-state index contributed by atoms with van der Waals surface area (Å²) in [6.07, 6.45) is 3.35. The van der Waals surface area contributed by atoms with Crippen molar-refractivity contribution < 1.29 is 14.7 Å². The van der Waals surface area contributed by atoms with Crippen molar-refractivity contribution >= 4 is 56.1 Å². The van der Waals surface area contributed by atoms with Crippen molar-refractivity contribution in [1.82, 2.24) is 15.7 Å². The summed E-state index contributed by atoms with van der Waals surface area (Å²) in [5, 5.41) is 19.4. The van der Waals surface area contributed by atoms with Gasteiger partial charge >= 0.3 is 0 Å². The molecule has 0 aliphatic heterocycles. The van der Waals surface area contributed by atoms with Gasteiger partial charge in [0, 0.05) is 28.8 Å². The van der Waals surface area contributed by atoms with E-state index in [1.165, 1.54) is 11.3 Å². The Morgan fingerprint density at radius 2 is 1.82 bits per heavy atom. The molecule has 0 radical (unpaired) electrons. The molecule has 0 saturated heterocycles. The maximum atomic E-state index is 12.5. The van der Waals surface area contributed by atoms with Gasteiger partial charge in [-0.1, -0.05) is 34.1 Å². The Hall–Kier alpha value is -3.34. The van der Waals surface area contributed by atoms with Crippen molar-refractivity contribution in [2.24, 2.45) is 5.10 Å². The number of pyridine rings is 1. The molecule has 0 fully saturated rings. The lowest BCUT2D eigenvalue weighted by atomic mass is 10.1. The quantitative estimate of drug-likeness (QED) is 0.209. The summed E-state index contributed by atoms with van der Waals surface area (Å²) >= 11 is 5.88. The first kappa shape index (κ1) is 23.8. The Morgan fingerprint density at radius 3 is 2.53 bits per heavy atom. The normalized spacial score (nSPS) is 11.3. The van der Waals surface area contributed by atoms with Crippen LogP contribution in [0.2, 0.25) is 0 Å². The van der Waals surface area contributed by atoms with Gasteiger partial charge in [0.05, 0.1) is 25.9 Å². The average molecular weight is 555 g/mol. The summed E-state index contributed by atoms with van der Waals surface area (Å²) in [6.45, 7) is 2.06. The second-order valence-electron chi connectivity index (χ2n) is 7.18. The molecule has 0 saturated carbocycles. The van der Waals surface area contributed by atoms with Crippen molar-refractivity contribution in [3.63, 3.8) is 0 Å². The molecule has 1 aromatic carbocycles. The fourth-order valence-corrected chi connectivity index (χ4v) is 5.11. The molecule has 3 heterocycles. The standard InChI is InChI=1S/C24H19BrN4O3S2/c1-14(18-13-33-22(21(18)30)16-4-6-17(25)7-5-16)28-29-24(32)20-9-8-19(34-20)23(31)27-12-15-3-2-10-26-11-15/h2-11,13,30H,12H2,1H3,(H,27,31)(H,29,32)/b28-14+. The van der Waals surface area contributed by atoms with Crippen LogP contribution in [0, 0.1) is 0 Å². The minimum Gasteiger partial charge on any atom is -0.506 e. The largest absolute Gasteiger partial charge is 0.506 e. The van der Waals surface area contributed by atoms with Crippen molar-refractivity contribution in [3.05, 3.63) is 91.7 Å². The zero-order chi connectivity index (χ0) is 24.1. The van der Waals surface area contributed by atoms with E-state index < -0.39 is 5.91 Å². The molecule has 0 spiro atoms. The number of nitrogens with zero attached hydrogens (tertiary/aromatic N) is 2. The van der Waals surface area contributed by atoms with Crippen LogP contribution in [-0.2, 0) is 6.54 Å². The molecule has 172 valence electrons. The lowest BCUT2D eigenvalue weighted by Crippen LogP contribution is -2.22. The molecule has 2 amide bonds. The lowest BCUT2D eigenvalue weighted by molar-refractivity contribution is 0.0950. The number of aromatic hydroxyl groups is 1. The SMILES string of the molecule is C/C(=N\NC(=O)c1ccc(C(=O)NCc2cccnc2)s1)c1csc(-c2ccc(Br)cc2)c1O. The van der Waals surface area contributed by atoms with E-state index >= 15 is 0 Å². The molecule has 3 aromatic heterocycles. The van der Waals surface area contributed by atoms with Crippen LogP contribution in [0.15, 0.2) is 75.9 Å². The number of carbonyl (C=O) groups is 2. The smallest absolute Gasteiger partial charge is 0.281 e. The zero-order valence-corrected chi connectivity index (χ0v) is 21.1. The number of aromatic nitrogens is 1. The van der Waals surface area contributed by atoms with E-state index in [1.54, 1.807) is 42.9 Å². The molecule has 4 rings (SSSR count). The van der Waals surface area contributed by atoms with Gasteiger partial charge in [-0.05, 0) is 48.4 Å². The molecule has 10 heteroatoms. The number of nitrogens with one attached hydrogen (secondary N) is 2. The first-order chi connectivity index (χ1) is 16.4.